The van der Waals surface area contributed by atoms with Gasteiger partial charge >= 0.3 is 0 Å². The molecule has 4 N–H and O–H groups in total. The Labute approximate surface area is 116 Å². The summed E-state index contributed by atoms with van der Waals surface area (Å²) in [6.45, 7) is 1.91. The van der Waals surface area contributed by atoms with E-state index in [4.69, 9.17) is 14.6 Å². The van der Waals surface area contributed by atoms with Crippen LogP contribution in [0, 0.1) is 6.92 Å². The Hall–Kier alpha value is -1.49. The summed E-state index contributed by atoms with van der Waals surface area (Å²) in [5.74, 6) is -0.656. The Kier molecular flexibility index (Phi) is 5.62. The SMILES string of the molecule is COCC(CNC(=O)c1n[nH]c(C)c1S(N)(=O)=O)OC. The third kappa shape index (κ3) is 4.00. The van der Waals surface area contributed by atoms with Crippen LogP contribution in [0.25, 0.3) is 0 Å². The topological polar surface area (TPSA) is 136 Å². The van der Waals surface area contributed by atoms with Gasteiger partial charge in [0.05, 0.1) is 18.4 Å². The Morgan fingerprint density at radius 3 is 2.65 bits per heavy atom. The van der Waals surface area contributed by atoms with Crippen LogP contribution in [0.3, 0.4) is 0 Å². The molecule has 114 valence electrons. The van der Waals surface area contributed by atoms with Crippen molar-refractivity contribution in [3.63, 3.8) is 0 Å². The quantitative estimate of drug-likeness (QED) is 0.576. The maximum absolute atomic E-state index is 11.9. The third-order valence-corrected chi connectivity index (χ3v) is 3.64. The number of hydrogen-bond donors (Lipinski definition) is 3. The summed E-state index contributed by atoms with van der Waals surface area (Å²) >= 11 is 0. The summed E-state index contributed by atoms with van der Waals surface area (Å²) in [7, 11) is -1.05. The minimum absolute atomic E-state index is 0.152. The van der Waals surface area contributed by atoms with Crippen molar-refractivity contribution in [2.75, 3.05) is 27.4 Å². The minimum Gasteiger partial charge on any atom is -0.382 e. The monoisotopic (exact) mass is 306 g/mol. The van der Waals surface area contributed by atoms with E-state index < -0.39 is 15.9 Å². The van der Waals surface area contributed by atoms with Gasteiger partial charge < -0.3 is 14.8 Å². The highest BCUT2D eigenvalue weighted by Gasteiger charge is 2.25. The molecule has 1 atom stereocenters. The van der Waals surface area contributed by atoms with Crippen LogP contribution >= 0.6 is 0 Å². The standard InChI is InChI=1S/C10H18N4O5S/c1-6-9(20(11,16)17)8(14-13-6)10(15)12-4-7(19-3)5-18-2/h7H,4-5H2,1-3H3,(H,12,15)(H,13,14)(H2,11,16,17). The Bertz CT molecular complexity index is 568. The third-order valence-electron chi connectivity index (χ3n) is 2.57. The second kappa shape index (κ2) is 6.79. The number of aryl methyl sites for hydroxylation is 1. The number of nitrogens with two attached hydrogens (primary N) is 1. The predicted molar refractivity (Wildman–Crippen MR) is 69.7 cm³/mol. The zero-order chi connectivity index (χ0) is 15.3. The Morgan fingerprint density at radius 1 is 1.50 bits per heavy atom. The van der Waals surface area contributed by atoms with Crippen molar-refractivity contribution in [3.8, 4) is 0 Å². The van der Waals surface area contributed by atoms with Gasteiger partial charge in [-0.2, -0.15) is 5.10 Å². The number of hydrogen-bond acceptors (Lipinski definition) is 6. The first-order valence-electron chi connectivity index (χ1n) is 5.69. The van der Waals surface area contributed by atoms with Crippen LogP contribution in [0.2, 0.25) is 0 Å². The van der Waals surface area contributed by atoms with Crippen LogP contribution in [-0.2, 0) is 19.5 Å². The lowest BCUT2D eigenvalue weighted by Crippen LogP contribution is -2.36. The number of amides is 1. The molecule has 0 aliphatic rings. The average Bonchev–Trinajstić information content (AvgIpc) is 2.76. The molecule has 0 saturated carbocycles. The van der Waals surface area contributed by atoms with E-state index in [1.165, 1.54) is 21.1 Å². The maximum Gasteiger partial charge on any atom is 0.273 e. The highest BCUT2D eigenvalue weighted by Crippen LogP contribution is 2.15. The van der Waals surface area contributed by atoms with Gasteiger partial charge in [0.25, 0.3) is 5.91 Å². The number of carbonyl (C=O) groups is 1. The second-order valence-corrected chi connectivity index (χ2v) is 5.59. The lowest BCUT2D eigenvalue weighted by Gasteiger charge is -2.14. The van der Waals surface area contributed by atoms with E-state index in [0.29, 0.717) is 6.61 Å². The number of ether oxygens (including phenoxy) is 2. The van der Waals surface area contributed by atoms with Crippen LogP contribution in [0.4, 0.5) is 0 Å². The first kappa shape index (κ1) is 16.6. The molecule has 1 aromatic heterocycles. The number of primary sulfonamides is 1. The maximum atomic E-state index is 11.9. The van der Waals surface area contributed by atoms with Gasteiger partial charge in [-0.05, 0) is 6.92 Å². The molecular formula is C10H18N4O5S. The van der Waals surface area contributed by atoms with E-state index in [0.717, 1.165) is 0 Å². The molecule has 20 heavy (non-hydrogen) atoms. The van der Waals surface area contributed by atoms with E-state index in [1.54, 1.807) is 0 Å². The molecule has 0 radical (unpaired) electrons. The Balaban J connectivity index is 2.84. The van der Waals surface area contributed by atoms with Crippen LogP contribution in [-0.4, -0.2) is 58.0 Å². The lowest BCUT2D eigenvalue weighted by atomic mass is 10.3. The van der Waals surface area contributed by atoms with Gasteiger partial charge in [-0.25, -0.2) is 13.6 Å². The normalized spacial score (nSPS) is 13.2. The molecule has 0 aromatic carbocycles. The zero-order valence-corrected chi connectivity index (χ0v) is 12.3. The molecule has 0 spiro atoms. The molecule has 10 heteroatoms. The van der Waals surface area contributed by atoms with Crippen molar-refractivity contribution in [2.45, 2.75) is 17.9 Å². The van der Waals surface area contributed by atoms with Crippen molar-refractivity contribution in [2.24, 2.45) is 5.14 Å². The van der Waals surface area contributed by atoms with Crippen molar-refractivity contribution >= 4 is 15.9 Å². The molecule has 9 nitrogen and oxygen atoms in total. The molecule has 1 unspecified atom stereocenters. The van der Waals surface area contributed by atoms with E-state index in [1.807, 2.05) is 0 Å². The first-order valence-corrected chi connectivity index (χ1v) is 7.23. The van der Waals surface area contributed by atoms with Crippen molar-refractivity contribution < 1.29 is 22.7 Å². The largest absolute Gasteiger partial charge is 0.382 e. The van der Waals surface area contributed by atoms with Gasteiger partial charge in [0.1, 0.15) is 4.90 Å². The van der Waals surface area contributed by atoms with Crippen molar-refractivity contribution in [3.05, 3.63) is 11.4 Å². The molecular weight excluding hydrogens is 288 g/mol. The number of aromatic nitrogens is 2. The van der Waals surface area contributed by atoms with E-state index in [2.05, 4.69) is 15.5 Å². The lowest BCUT2D eigenvalue weighted by molar-refractivity contribution is 0.0284. The highest BCUT2D eigenvalue weighted by molar-refractivity contribution is 7.89. The van der Waals surface area contributed by atoms with Crippen LogP contribution in [0.1, 0.15) is 16.2 Å². The zero-order valence-electron chi connectivity index (χ0n) is 11.5. The number of methoxy groups -OCH3 is 2. The second-order valence-electron chi connectivity index (χ2n) is 4.09. The summed E-state index contributed by atoms with van der Waals surface area (Å²) in [4.78, 5) is 11.6. The van der Waals surface area contributed by atoms with Gasteiger partial charge in [0, 0.05) is 20.8 Å². The van der Waals surface area contributed by atoms with Gasteiger partial charge in [-0.3, -0.25) is 9.89 Å². The number of sulfonamides is 1. The van der Waals surface area contributed by atoms with Crippen LogP contribution in [0.15, 0.2) is 4.90 Å². The fourth-order valence-corrected chi connectivity index (χ4v) is 2.49. The molecule has 0 aliphatic carbocycles. The summed E-state index contributed by atoms with van der Waals surface area (Å²) in [5.41, 5.74) is -0.0601. The molecule has 0 aliphatic heterocycles. The number of nitrogens with one attached hydrogen (secondary N) is 2. The molecule has 0 saturated heterocycles. The van der Waals surface area contributed by atoms with Gasteiger partial charge in [-0.15, -0.1) is 0 Å². The molecule has 0 fully saturated rings. The molecule has 1 heterocycles. The highest BCUT2D eigenvalue weighted by atomic mass is 32.2. The number of carbonyl (C=O) groups excluding carboxylic acids is 1. The Morgan fingerprint density at radius 2 is 2.15 bits per heavy atom. The van der Waals surface area contributed by atoms with Gasteiger partial charge in [-0.1, -0.05) is 0 Å². The van der Waals surface area contributed by atoms with Crippen molar-refractivity contribution in [1.82, 2.24) is 15.5 Å². The van der Waals surface area contributed by atoms with E-state index >= 15 is 0 Å². The number of rotatable bonds is 7. The van der Waals surface area contributed by atoms with Gasteiger partial charge in [0.2, 0.25) is 10.0 Å². The summed E-state index contributed by atoms with van der Waals surface area (Å²) in [6, 6.07) is 0. The summed E-state index contributed by atoms with van der Waals surface area (Å²) in [6.07, 6.45) is -0.345. The number of H-pyrrole nitrogens is 1. The van der Waals surface area contributed by atoms with E-state index in [9.17, 15) is 13.2 Å². The molecule has 1 amide bonds. The van der Waals surface area contributed by atoms with E-state index in [-0.39, 0.29) is 28.9 Å². The molecule has 0 bridgehead atoms. The van der Waals surface area contributed by atoms with Gasteiger partial charge in [0.15, 0.2) is 5.69 Å². The van der Waals surface area contributed by atoms with Crippen molar-refractivity contribution in [1.29, 1.82) is 0 Å². The fraction of sp³-hybridized carbons (Fsp3) is 0.600. The predicted octanol–water partition coefficient (Wildman–Crippen LogP) is -1.24. The van der Waals surface area contributed by atoms with Crippen LogP contribution < -0.4 is 10.5 Å². The average molecular weight is 306 g/mol. The summed E-state index contributed by atoms with van der Waals surface area (Å²) in [5, 5.41) is 13.7. The van der Waals surface area contributed by atoms with Crippen LogP contribution in [0.5, 0.6) is 0 Å². The fourth-order valence-electron chi connectivity index (χ4n) is 1.61. The number of aromatic amines is 1. The smallest absolute Gasteiger partial charge is 0.273 e. The number of nitrogens with zero attached hydrogens (tertiary/aromatic N) is 1. The first-order chi connectivity index (χ1) is 9.31. The molecule has 1 aromatic rings. The summed E-state index contributed by atoms with van der Waals surface area (Å²) < 4.78 is 32.8. The molecule has 1 rings (SSSR count). The minimum atomic E-state index is -4.03.